The second-order valence-electron chi connectivity index (χ2n) is 4.71. The maximum atomic E-state index is 10.7. The molecule has 2 atom stereocenters. The number of carboxylic acid groups (broad SMARTS) is 1. The average Bonchev–Trinajstić information content (AvgIpc) is 2.36. The molecule has 0 saturated carbocycles. The van der Waals surface area contributed by atoms with Crippen molar-refractivity contribution < 1.29 is 9.90 Å². The number of aliphatic carboxylic acids is 1. The summed E-state index contributed by atoms with van der Waals surface area (Å²) in [6.45, 7) is 1.87. The minimum atomic E-state index is -0.807. The van der Waals surface area contributed by atoms with Gasteiger partial charge in [0.15, 0.2) is 0 Å². The van der Waals surface area contributed by atoms with E-state index >= 15 is 0 Å². The first kappa shape index (κ1) is 12.6. The van der Waals surface area contributed by atoms with Crippen molar-refractivity contribution in [3.05, 3.63) is 48.0 Å². The predicted octanol–water partition coefficient (Wildman–Crippen LogP) is 2.95. The number of nitrogens with two attached hydrogens (primary N) is 1. The lowest BCUT2D eigenvalue weighted by Crippen LogP contribution is -2.21. The van der Waals surface area contributed by atoms with Gasteiger partial charge < -0.3 is 10.8 Å². The lowest BCUT2D eigenvalue weighted by atomic mass is 9.91. The van der Waals surface area contributed by atoms with Crippen LogP contribution in [-0.2, 0) is 4.79 Å². The number of hydrogen-bond acceptors (Lipinski definition) is 2. The highest BCUT2D eigenvalue weighted by atomic mass is 16.4. The van der Waals surface area contributed by atoms with Crippen LogP contribution >= 0.6 is 0 Å². The third kappa shape index (κ3) is 2.68. The third-order valence-electron chi connectivity index (χ3n) is 3.27. The Morgan fingerprint density at radius 1 is 1.22 bits per heavy atom. The highest BCUT2D eigenvalue weighted by Gasteiger charge is 2.17. The molecule has 18 heavy (non-hydrogen) atoms. The summed E-state index contributed by atoms with van der Waals surface area (Å²) in [7, 11) is 0. The predicted molar refractivity (Wildman–Crippen MR) is 72.3 cm³/mol. The zero-order valence-electron chi connectivity index (χ0n) is 10.3. The number of carboxylic acids is 1. The van der Waals surface area contributed by atoms with Crippen molar-refractivity contribution in [3.63, 3.8) is 0 Å². The van der Waals surface area contributed by atoms with Crippen LogP contribution in [0.3, 0.4) is 0 Å². The molecule has 0 spiro atoms. The fourth-order valence-corrected chi connectivity index (χ4v) is 2.15. The molecule has 0 heterocycles. The largest absolute Gasteiger partial charge is 0.481 e. The van der Waals surface area contributed by atoms with Gasteiger partial charge >= 0.3 is 5.97 Å². The summed E-state index contributed by atoms with van der Waals surface area (Å²) < 4.78 is 0. The normalized spacial score (nSPS) is 14.3. The summed E-state index contributed by atoms with van der Waals surface area (Å²) >= 11 is 0. The topological polar surface area (TPSA) is 63.3 Å². The van der Waals surface area contributed by atoms with Gasteiger partial charge in [0, 0.05) is 12.5 Å². The molecule has 2 unspecified atom stereocenters. The van der Waals surface area contributed by atoms with Gasteiger partial charge in [0.1, 0.15) is 0 Å². The monoisotopic (exact) mass is 243 g/mol. The molecule has 2 rings (SSSR count). The van der Waals surface area contributed by atoms with Gasteiger partial charge in [0.05, 0.1) is 0 Å². The van der Waals surface area contributed by atoms with Crippen molar-refractivity contribution in [2.45, 2.75) is 19.4 Å². The first-order valence-electron chi connectivity index (χ1n) is 6.04. The number of rotatable bonds is 4. The molecule has 0 aliphatic rings. The zero-order valence-corrected chi connectivity index (χ0v) is 10.3. The summed E-state index contributed by atoms with van der Waals surface area (Å²) in [4.78, 5) is 10.7. The number of hydrogen-bond donors (Lipinski definition) is 2. The van der Waals surface area contributed by atoms with E-state index in [2.05, 4.69) is 0 Å². The standard InChI is InChI=1S/C15H17NO2/c1-10(8-14(17)18)15(16)13-7-6-11-4-2-3-5-12(11)9-13/h2-7,9-10,15H,8,16H2,1H3,(H,17,18). The van der Waals surface area contributed by atoms with Crippen LogP contribution in [0.2, 0.25) is 0 Å². The van der Waals surface area contributed by atoms with Gasteiger partial charge in [-0.3, -0.25) is 4.79 Å². The van der Waals surface area contributed by atoms with Crippen LogP contribution in [0, 0.1) is 5.92 Å². The molecule has 2 aromatic carbocycles. The van der Waals surface area contributed by atoms with Gasteiger partial charge in [-0.05, 0) is 28.3 Å². The van der Waals surface area contributed by atoms with E-state index in [0.717, 1.165) is 10.9 Å². The molecule has 3 N–H and O–H groups in total. The second kappa shape index (κ2) is 5.19. The molecule has 0 bridgehead atoms. The highest BCUT2D eigenvalue weighted by Crippen LogP contribution is 2.25. The molecule has 3 heteroatoms. The lowest BCUT2D eigenvalue weighted by molar-refractivity contribution is -0.138. The van der Waals surface area contributed by atoms with Crippen LogP contribution in [0.4, 0.5) is 0 Å². The summed E-state index contributed by atoms with van der Waals surface area (Å²) in [5.74, 6) is -0.887. The smallest absolute Gasteiger partial charge is 0.303 e. The van der Waals surface area contributed by atoms with Gasteiger partial charge in [0.25, 0.3) is 0 Å². The first-order chi connectivity index (χ1) is 8.58. The van der Waals surface area contributed by atoms with E-state index in [1.807, 2.05) is 49.4 Å². The SMILES string of the molecule is CC(CC(=O)O)C(N)c1ccc2ccccc2c1. The summed E-state index contributed by atoms with van der Waals surface area (Å²) in [6.07, 6.45) is 0.0913. The van der Waals surface area contributed by atoms with Crippen molar-refractivity contribution >= 4 is 16.7 Å². The Morgan fingerprint density at radius 3 is 2.56 bits per heavy atom. The summed E-state index contributed by atoms with van der Waals surface area (Å²) in [6, 6.07) is 13.9. The van der Waals surface area contributed by atoms with E-state index in [1.165, 1.54) is 5.39 Å². The fourth-order valence-electron chi connectivity index (χ4n) is 2.15. The van der Waals surface area contributed by atoms with E-state index < -0.39 is 5.97 Å². The lowest BCUT2D eigenvalue weighted by Gasteiger charge is -2.19. The molecule has 0 aromatic heterocycles. The second-order valence-corrected chi connectivity index (χ2v) is 4.71. The highest BCUT2D eigenvalue weighted by molar-refractivity contribution is 5.83. The molecule has 94 valence electrons. The molecule has 3 nitrogen and oxygen atoms in total. The van der Waals surface area contributed by atoms with Gasteiger partial charge in [-0.2, -0.15) is 0 Å². The quantitative estimate of drug-likeness (QED) is 0.867. The first-order valence-corrected chi connectivity index (χ1v) is 6.04. The van der Waals surface area contributed by atoms with Crippen molar-refractivity contribution in [2.24, 2.45) is 11.7 Å². The molecule has 0 aliphatic carbocycles. The van der Waals surface area contributed by atoms with E-state index in [1.54, 1.807) is 0 Å². The Labute approximate surface area is 106 Å². The van der Waals surface area contributed by atoms with Crippen LogP contribution in [0.15, 0.2) is 42.5 Å². The Kier molecular flexibility index (Phi) is 3.63. The molecule has 0 fully saturated rings. The van der Waals surface area contributed by atoms with Gasteiger partial charge in [0.2, 0.25) is 0 Å². The fraction of sp³-hybridized carbons (Fsp3) is 0.267. The van der Waals surface area contributed by atoms with Crippen LogP contribution < -0.4 is 5.73 Å². The van der Waals surface area contributed by atoms with Crippen molar-refractivity contribution in [1.82, 2.24) is 0 Å². The molecule has 0 amide bonds. The number of fused-ring (bicyclic) bond motifs is 1. The Balaban J connectivity index is 2.27. The Morgan fingerprint density at radius 2 is 1.89 bits per heavy atom. The maximum absolute atomic E-state index is 10.7. The van der Waals surface area contributed by atoms with Gasteiger partial charge in [-0.25, -0.2) is 0 Å². The molecule has 0 aliphatic heterocycles. The van der Waals surface area contributed by atoms with E-state index in [4.69, 9.17) is 10.8 Å². The van der Waals surface area contributed by atoms with E-state index in [9.17, 15) is 4.79 Å². The minimum Gasteiger partial charge on any atom is -0.481 e. The summed E-state index contributed by atoms with van der Waals surface area (Å²) in [5, 5.41) is 11.1. The third-order valence-corrected chi connectivity index (χ3v) is 3.27. The van der Waals surface area contributed by atoms with E-state index in [0.29, 0.717) is 0 Å². The Bertz CT molecular complexity index is 565. The number of benzene rings is 2. The molecule has 0 radical (unpaired) electrons. The van der Waals surface area contributed by atoms with Gasteiger partial charge in [-0.1, -0.05) is 43.3 Å². The van der Waals surface area contributed by atoms with Crippen molar-refractivity contribution in [1.29, 1.82) is 0 Å². The van der Waals surface area contributed by atoms with Gasteiger partial charge in [-0.15, -0.1) is 0 Å². The van der Waals surface area contributed by atoms with Crippen LogP contribution in [-0.4, -0.2) is 11.1 Å². The van der Waals surface area contributed by atoms with E-state index in [-0.39, 0.29) is 18.4 Å². The summed E-state index contributed by atoms with van der Waals surface area (Å²) in [5.41, 5.74) is 7.10. The number of carbonyl (C=O) groups is 1. The Hall–Kier alpha value is -1.87. The van der Waals surface area contributed by atoms with Crippen molar-refractivity contribution in [2.75, 3.05) is 0 Å². The van der Waals surface area contributed by atoms with Crippen LogP contribution in [0.1, 0.15) is 24.9 Å². The zero-order chi connectivity index (χ0) is 13.1. The van der Waals surface area contributed by atoms with Crippen molar-refractivity contribution in [3.8, 4) is 0 Å². The molecular weight excluding hydrogens is 226 g/mol. The molecular formula is C15H17NO2. The molecule has 2 aromatic rings. The minimum absolute atomic E-state index is 0.0799. The maximum Gasteiger partial charge on any atom is 0.303 e. The van der Waals surface area contributed by atoms with Crippen LogP contribution in [0.5, 0.6) is 0 Å². The van der Waals surface area contributed by atoms with Crippen LogP contribution in [0.25, 0.3) is 10.8 Å². The molecule has 0 saturated heterocycles. The average molecular weight is 243 g/mol.